The normalized spacial score (nSPS) is 17.2. The van der Waals surface area contributed by atoms with Gasteiger partial charge in [0.15, 0.2) is 11.9 Å². The van der Waals surface area contributed by atoms with Crippen molar-refractivity contribution in [3.8, 4) is 0 Å². The Labute approximate surface area is 175 Å². The predicted molar refractivity (Wildman–Crippen MR) is 112 cm³/mol. The van der Waals surface area contributed by atoms with Crippen molar-refractivity contribution in [2.45, 2.75) is 47.1 Å². The maximum absolute atomic E-state index is 12.8. The number of carbonyl (C=O) groups is 4. The van der Waals surface area contributed by atoms with Crippen molar-refractivity contribution in [1.29, 1.82) is 0 Å². The van der Waals surface area contributed by atoms with E-state index in [0.29, 0.717) is 16.8 Å². The lowest BCUT2D eigenvalue weighted by molar-refractivity contribution is -0.151. The number of nitrogens with zero attached hydrogens (tertiary/aromatic N) is 1. The summed E-state index contributed by atoms with van der Waals surface area (Å²) in [5, 5.41) is 0. The number of Topliss-reactive ketones (excluding diaryl/α,β-unsaturated/α-hetero) is 2. The number of hydrogen-bond acceptors (Lipinski definition) is 5. The Morgan fingerprint density at radius 1 is 1.13 bits per heavy atom. The molecule has 1 aliphatic rings. The first-order valence-corrected chi connectivity index (χ1v) is 9.92. The first-order chi connectivity index (χ1) is 14.1. The van der Waals surface area contributed by atoms with Gasteiger partial charge in [-0.2, -0.15) is 0 Å². The molecule has 1 N–H and O–H groups in total. The number of benzene rings is 1. The van der Waals surface area contributed by atoms with Crippen LogP contribution in [0.4, 0.5) is 5.69 Å². The molecule has 1 fully saturated rings. The molecule has 0 unspecified atom stereocenters. The van der Waals surface area contributed by atoms with Gasteiger partial charge < -0.3 is 14.6 Å². The summed E-state index contributed by atoms with van der Waals surface area (Å²) in [5.41, 5.74) is 3.72. The average molecular weight is 410 g/mol. The number of aromatic amines is 1. The molecular formula is C23H26N2O5. The first kappa shape index (κ1) is 21.5. The van der Waals surface area contributed by atoms with Gasteiger partial charge in [-0.3, -0.25) is 19.2 Å². The molecule has 0 bridgehead atoms. The predicted octanol–water partition coefficient (Wildman–Crippen LogP) is 3.31. The highest BCUT2D eigenvalue weighted by Gasteiger charge is 2.37. The van der Waals surface area contributed by atoms with Crippen LogP contribution in [0.2, 0.25) is 0 Å². The van der Waals surface area contributed by atoms with E-state index in [1.165, 1.54) is 13.8 Å². The number of hydrogen-bond donors (Lipinski definition) is 1. The Morgan fingerprint density at radius 2 is 1.77 bits per heavy atom. The highest BCUT2D eigenvalue weighted by molar-refractivity contribution is 6.05. The molecule has 0 spiro atoms. The minimum absolute atomic E-state index is 0.0444. The number of aryl methyl sites for hydroxylation is 2. The fourth-order valence-electron chi connectivity index (χ4n) is 3.89. The van der Waals surface area contributed by atoms with Crippen LogP contribution in [0.3, 0.4) is 0 Å². The van der Waals surface area contributed by atoms with Crippen LogP contribution in [-0.4, -0.2) is 41.1 Å². The molecule has 2 heterocycles. The van der Waals surface area contributed by atoms with Crippen molar-refractivity contribution in [3.05, 3.63) is 52.3 Å². The Bertz CT molecular complexity index is 1020. The van der Waals surface area contributed by atoms with Crippen LogP contribution in [0.1, 0.15) is 57.9 Å². The molecule has 7 nitrogen and oxygen atoms in total. The van der Waals surface area contributed by atoms with E-state index >= 15 is 0 Å². The van der Waals surface area contributed by atoms with Crippen LogP contribution in [0.15, 0.2) is 24.3 Å². The van der Waals surface area contributed by atoms with Crippen molar-refractivity contribution < 1.29 is 23.9 Å². The SMILES string of the molecule is CC(=O)c1c(C)[nH]c(C(=O)[C@@H](C)OC(=O)[C@H]2CC(=O)N(c3ccc(C)cc3)C2)c1C. The number of H-pyrrole nitrogens is 1. The molecule has 7 heteroatoms. The monoisotopic (exact) mass is 410 g/mol. The molecule has 2 atom stereocenters. The van der Waals surface area contributed by atoms with Gasteiger partial charge in [0, 0.05) is 29.9 Å². The molecule has 0 aliphatic carbocycles. The van der Waals surface area contributed by atoms with Gasteiger partial charge in [0.05, 0.1) is 11.6 Å². The number of rotatable bonds is 6. The van der Waals surface area contributed by atoms with Crippen molar-refractivity contribution in [3.63, 3.8) is 0 Å². The number of ether oxygens (including phenoxy) is 1. The lowest BCUT2D eigenvalue weighted by Crippen LogP contribution is -2.30. The van der Waals surface area contributed by atoms with Gasteiger partial charge >= 0.3 is 5.97 Å². The second-order valence-corrected chi connectivity index (χ2v) is 7.87. The average Bonchev–Trinajstić information content (AvgIpc) is 3.21. The van der Waals surface area contributed by atoms with Crippen LogP contribution < -0.4 is 4.90 Å². The fourth-order valence-corrected chi connectivity index (χ4v) is 3.89. The molecule has 3 rings (SSSR count). The van der Waals surface area contributed by atoms with Gasteiger partial charge in [0.2, 0.25) is 11.7 Å². The van der Waals surface area contributed by atoms with E-state index in [-0.39, 0.29) is 30.3 Å². The summed E-state index contributed by atoms with van der Waals surface area (Å²) >= 11 is 0. The number of aromatic nitrogens is 1. The number of nitrogens with one attached hydrogen (secondary N) is 1. The number of esters is 1. The largest absolute Gasteiger partial charge is 0.454 e. The summed E-state index contributed by atoms with van der Waals surface area (Å²) in [6, 6.07) is 7.50. The van der Waals surface area contributed by atoms with Crippen LogP contribution in [-0.2, 0) is 14.3 Å². The number of anilines is 1. The second kappa shape index (κ2) is 8.26. The van der Waals surface area contributed by atoms with E-state index < -0.39 is 23.8 Å². The molecule has 0 radical (unpaired) electrons. The molecule has 1 aromatic heterocycles. The lowest BCUT2D eigenvalue weighted by atomic mass is 10.0. The second-order valence-electron chi connectivity index (χ2n) is 7.87. The summed E-state index contributed by atoms with van der Waals surface area (Å²) in [5.74, 6) is -1.90. The summed E-state index contributed by atoms with van der Waals surface area (Å²) in [6.45, 7) is 8.53. The number of ketones is 2. The Hall–Kier alpha value is -3.22. The minimum atomic E-state index is -1.03. The summed E-state index contributed by atoms with van der Waals surface area (Å²) in [6.07, 6.45) is -0.986. The quantitative estimate of drug-likeness (QED) is 0.582. The highest BCUT2D eigenvalue weighted by Crippen LogP contribution is 2.27. The molecule has 30 heavy (non-hydrogen) atoms. The summed E-state index contributed by atoms with van der Waals surface area (Å²) < 4.78 is 5.39. The number of carbonyl (C=O) groups excluding carboxylic acids is 4. The summed E-state index contributed by atoms with van der Waals surface area (Å²) in [7, 11) is 0. The van der Waals surface area contributed by atoms with E-state index in [0.717, 1.165) is 11.3 Å². The first-order valence-electron chi connectivity index (χ1n) is 9.92. The third-order valence-corrected chi connectivity index (χ3v) is 5.50. The van der Waals surface area contributed by atoms with Gasteiger partial charge in [-0.05, 0) is 52.3 Å². The third kappa shape index (κ3) is 4.06. The van der Waals surface area contributed by atoms with Gasteiger partial charge in [-0.1, -0.05) is 17.7 Å². The highest BCUT2D eigenvalue weighted by atomic mass is 16.5. The minimum Gasteiger partial charge on any atom is -0.454 e. The van der Waals surface area contributed by atoms with Crippen LogP contribution in [0.25, 0.3) is 0 Å². The topological polar surface area (TPSA) is 96.5 Å². The Balaban J connectivity index is 1.68. The zero-order chi connectivity index (χ0) is 22.2. The van der Waals surface area contributed by atoms with Crippen molar-refractivity contribution >= 4 is 29.1 Å². The van der Waals surface area contributed by atoms with Gasteiger partial charge in [-0.15, -0.1) is 0 Å². The fraction of sp³-hybridized carbons (Fsp3) is 0.391. The zero-order valence-electron chi connectivity index (χ0n) is 17.9. The summed E-state index contributed by atoms with van der Waals surface area (Å²) in [4.78, 5) is 54.1. The molecule has 1 aromatic carbocycles. The van der Waals surface area contributed by atoms with E-state index in [1.807, 2.05) is 31.2 Å². The molecule has 1 aliphatic heterocycles. The smallest absolute Gasteiger partial charge is 0.312 e. The molecule has 1 saturated heterocycles. The van der Waals surface area contributed by atoms with Gasteiger partial charge in [-0.25, -0.2) is 0 Å². The van der Waals surface area contributed by atoms with Gasteiger partial charge in [0.25, 0.3) is 0 Å². The Morgan fingerprint density at radius 3 is 2.33 bits per heavy atom. The van der Waals surface area contributed by atoms with Crippen molar-refractivity contribution in [2.24, 2.45) is 5.92 Å². The van der Waals surface area contributed by atoms with E-state index in [2.05, 4.69) is 4.98 Å². The van der Waals surface area contributed by atoms with E-state index in [1.54, 1.807) is 18.7 Å². The maximum Gasteiger partial charge on any atom is 0.312 e. The lowest BCUT2D eigenvalue weighted by Gasteiger charge is -2.18. The number of amides is 1. The van der Waals surface area contributed by atoms with E-state index in [9.17, 15) is 19.2 Å². The van der Waals surface area contributed by atoms with Crippen LogP contribution in [0, 0.1) is 26.7 Å². The molecule has 0 saturated carbocycles. The zero-order valence-corrected chi connectivity index (χ0v) is 17.9. The van der Waals surface area contributed by atoms with Crippen LogP contribution in [0.5, 0.6) is 0 Å². The van der Waals surface area contributed by atoms with E-state index in [4.69, 9.17) is 4.74 Å². The van der Waals surface area contributed by atoms with Crippen LogP contribution >= 0.6 is 0 Å². The molecule has 2 aromatic rings. The van der Waals surface area contributed by atoms with Crippen molar-refractivity contribution in [1.82, 2.24) is 4.98 Å². The van der Waals surface area contributed by atoms with Gasteiger partial charge in [0.1, 0.15) is 0 Å². The van der Waals surface area contributed by atoms with Crippen molar-refractivity contribution in [2.75, 3.05) is 11.4 Å². The molecule has 1 amide bonds. The Kier molecular flexibility index (Phi) is 5.92. The molecular weight excluding hydrogens is 384 g/mol. The molecule has 158 valence electrons. The maximum atomic E-state index is 12.8. The standard InChI is InChI=1S/C23H26N2O5/c1-12-6-8-18(9-7-12)25-11-17(10-19(25)27)23(29)30-16(5)22(28)21-13(2)20(15(4)26)14(3)24-21/h6-9,16-17,24H,10-11H2,1-5H3/t16-,17+/m1/s1. The third-order valence-electron chi connectivity index (χ3n) is 5.50.